The molecule has 0 spiro atoms. The van der Waals surface area contributed by atoms with Crippen LogP contribution in [-0.2, 0) is 4.79 Å². The Labute approximate surface area is 130 Å². The van der Waals surface area contributed by atoms with E-state index in [0.717, 1.165) is 25.7 Å². The molecule has 6 heteroatoms. The van der Waals surface area contributed by atoms with Crippen molar-refractivity contribution in [1.82, 2.24) is 10.6 Å². The summed E-state index contributed by atoms with van der Waals surface area (Å²) in [5, 5.41) is 15.8. The standard InChI is InChI=1S/C16H24N2O4/c1-12(18-15(20)13-7-6-10-22-13)14(19)17-11-16(21)8-4-2-3-5-9-16/h6-7,10,12,21H,2-5,8-9,11H2,1H3,(H,17,19)(H,18,20). The van der Waals surface area contributed by atoms with E-state index in [1.54, 1.807) is 13.0 Å². The Balaban J connectivity index is 1.79. The Bertz CT molecular complexity index is 490. The number of hydrogen-bond donors (Lipinski definition) is 3. The zero-order valence-corrected chi connectivity index (χ0v) is 12.9. The molecular formula is C16H24N2O4. The van der Waals surface area contributed by atoms with E-state index in [-0.39, 0.29) is 18.2 Å². The van der Waals surface area contributed by atoms with Crippen LogP contribution < -0.4 is 10.6 Å². The summed E-state index contributed by atoms with van der Waals surface area (Å²) < 4.78 is 4.98. The number of hydrogen-bond acceptors (Lipinski definition) is 4. The van der Waals surface area contributed by atoms with Crippen molar-refractivity contribution in [2.24, 2.45) is 0 Å². The first-order valence-electron chi connectivity index (χ1n) is 7.85. The number of furan rings is 1. The van der Waals surface area contributed by atoms with E-state index in [9.17, 15) is 14.7 Å². The highest BCUT2D eigenvalue weighted by atomic mass is 16.3. The highest BCUT2D eigenvalue weighted by Crippen LogP contribution is 2.26. The lowest BCUT2D eigenvalue weighted by molar-refractivity contribution is -0.124. The molecule has 1 aliphatic rings. The molecule has 122 valence electrons. The average Bonchev–Trinajstić information content (AvgIpc) is 2.95. The normalized spacial score (nSPS) is 19.0. The zero-order chi connectivity index (χ0) is 16.0. The van der Waals surface area contributed by atoms with Crippen LogP contribution in [0, 0.1) is 0 Å². The number of carbonyl (C=O) groups is 2. The van der Waals surface area contributed by atoms with Gasteiger partial charge in [0.25, 0.3) is 5.91 Å². The number of amides is 2. The minimum Gasteiger partial charge on any atom is -0.459 e. The zero-order valence-electron chi connectivity index (χ0n) is 12.9. The Morgan fingerprint density at radius 2 is 2.00 bits per heavy atom. The molecule has 1 aromatic rings. The van der Waals surface area contributed by atoms with Crippen molar-refractivity contribution in [3.63, 3.8) is 0 Å². The number of carbonyl (C=O) groups excluding carboxylic acids is 2. The van der Waals surface area contributed by atoms with Gasteiger partial charge < -0.3 is 20.2 Å². The summed E-state index contributed by atoms with van der Waals surface area (Å²) in [7, 11) is 0. The van der Waals surface area contributed by atoms with Gasteiger partial charge in [-0.2, -0.15) is 0 Å². The molecule has 0 radical (unpaired) electrons. The van der Waals surface area contributed by atoms with Crippen molar-refractivity contribution in [2.75, 3.05) is 6.54 Å². The summed E-state index contributed by atoms with van der Waals surface area (Å²) in [6.45, 7) is 1.83. The molecule has 0 aromatic carbocycles. The average molecular weight is 308 g/mol. The summed E-state index contributed by atoms with van der Waals surface area (Å²) in [5.41, 5.74) is -0.823. The Kier molecular flexibility index (Phi) is 5.60. The van der Waals surface area contributed by atoms with Crippen LogP contribution in [0.25, 0.3) is 0 Å². The molecule has 1 aliphatic carbocycles. The monoisotopic (exact) mass is 308 g/mol. The largest absolute Gasteiger partial charge is 0.459 e. The topological polar surface area (TPSA) is 91.6 Å². The van der Waals surface area contributed by atoms with Gasteiger partial charge in [-0.15, -0.1) is 0 Å². The Morgan fingerprint density at radius 3 is 2.59 bits per heavy atom. The maximum absolute atomic E-state index is 12.1. The number of rotatable bonds is 5. The van der Waals surface area contributed by atoms with Crippen LogP contribution in [0.5, 0.6) is 0 Å². The van der Waals surface area contributed by atoms with Gasteiger partial charge in [-0.05, 0) is 31.9 Å². The number of nitrogens with one attached hydrogen (secondary N) is 2. The van der Waals surface area contributed by atoms with Gasteiger partial charge in [-0.25, -0.2) is 0 Å². The maximum atomic E-state index is 12.1. The van der Waals surface area contributed by atoms with Crippen molar-refractivity contribution >= 4 is 11.8 Å². The fourth-order valence-electron chi connectivity index (χ4n) is 2.71. The second kappa shape index (κ2) is 7.45. The van der Waals surface area contributed by atoms with Crippen LogP contribution in [0.2, 0.25) is 0 Å². The molecule has 2 amide bonds. The Hall–Kier alpha value is -1.82. The highest BCUT2D eigenvalue weighted by molar-refractivity contribution is 5.95. The molecule has 3 N–H and O–H groups in total. The summed E-state index contributed by atoms with van der Waals surface area (Å²) >= 11 is 0. The van der Waals surface area contributed by atoms with Crippen LogP contribution >= 0.6 is 0 Å². The van der Waals surface area contributed by atoms with Crippen molar-refractivity contribution < 1.29 is 19.1 Å². The molecule has 2 rings (SSSR count). The summed E-state index contributed by atoms with van der Waals surface area (Å²) in [6, 6.07) is 2.46. The molecule has 1 heterocycles. The molecule has 1 aromatic heterocycles. The fraction of sp³-hybridized carbons (Fsp3) is 0.625. The van der Waals surface area contributed by atoms with Gasteiger partial charge in [-0.1, -0.05) is 25.7 Å². The highest BCUT2D eigenvalue weighted by Gasteiger charge is 2.29. The first-order valence-corrected chi connectivity index (χ1v) is 7.85. The van der Waals surface area contributed by atoms with Gasteiger partial charge in [0.05, 0.1) is 11.9 Å². The third-order valence-corrected chi connectivity index (χ3v) is 4.11. The molecule has 1 unspecified atom stereocenters. The summed E-state index contributed by atoms with van der Waals surface area (Å²) in [6.07, 6.45) is 7.05. The van der Waals surface area contributed by atoms with E-state index >= 15 is 0 Å². The minimum atomic E-state index is -0.823. The molecule has 6 nitrogen and oxygen atoms in total. The van der Waals surface area contributed by atoms with Crippen LogP contribution in [0.15, 0.2) is 22.8 Å². The maximum Gasteiger partial charge on any atom is 0.287 e. The molecule has 0 aliphatic heterocycles. The van der Waals surface area contributed by atoms with Gasteiger partial charge in [0.1, 0.15) is 6.04 Å². The first-order chi connectivity index (χ1) is 10.5. The van der Waals surface area contributed by atoms with E-state index in [1.165, 1.54) is 12.3 Å². The summed E-state index contributed by atoms with van der Waals surface area (Å²) in [4.78, 5) is 23.9. The van der Waals surface area contributed by atoms with Crippen LogP contribution in [0.3, 0.4) is 0 Å². The SMILES string of the molecule is CC(NC(=O)c1ccco1)C(=O)NCC1(O)CCCCCC1. The van der Waals surface area contributed by atoms with Gasteiger partial charge >= 0.3 is 0 Å². The first kappa shape index (κ1) is 16.5. The molecule has 22 heavy (non-hydrogen) atoms. The quantitative estimate of drug-likeness (QED) is 0.721. The molecule has 0 saturated heterocycles. The minimum absolute atomic E-state index is 0.169. The molecule has 1 fully saturated rings. The second-order valence-corrected chi connectivity index (χ2v) is 6.03. The summed E-state index contributed by atoms with van der Waals surface area (Å²) in [5.74, 6) is -0.569. The third-order valence-electron chi connectivity index (χ3n) is 4.11. The smallest absolute Gasteiger partial charge is 0.287 e. The van der Waals surface area contributed by atoms with E-state index in [2.05, 4.69) is 10.6 Å². The molecular weight excluding hydrogens is 284 g/mol. The van der Waals surface area contributed by atoms with Crippen LogP contribution in [0.4, 0.5) is 0 Å². The lowest BCUT2D eigenvalue weighted by Gasteiger charge is -2.27. The van der Waals surface area contributed by atoms with E-state index in [0.29, 0.717) is 12.8 Å². The molecule has 1 saturated carbocycles. The fourth-order valence-corrected chi connectivity index (χ4v) is 2.71. The molecule has 1 atom stereocenters. The van der Waals surface area contributed by atoms with E-state index in [1.807, 2.05) is 0 Å². The van der Waals surface area contributed by atoms with Crippen molar-refractivity contribution in [3.05, 3.63) is 24.2 Å². The predicted molar refractivity (Wildman–Crippen MR) is 81.3 cm³/mol. The third kappa shape index (κ3) is 4.59. The molecule has 0 bridgehead atoms. The van der Waals surface area contributed by atoms with Crippen molar-refractivity contribution in [2.45, 2.75) is 57.1 Å². The van der Waals surface area contributed by atoms with Crippen LogP contribution in [0.1, 0.15) is 56.0 Å². The van der Waals surface area contributed by atoms with Crippen molar-refractivity contribution in [1.29, 1.82) is 0 Å². The van der Waals surface area contributed by atoms with E-state index < -0.39 is 17.6 Å². The predicted octanol–water partition coefficient (Wildman–Crippen LogP) is 1.60. The van der Waals surface area contributed by atoms with Gasteiger partial charge in [0.2, 0.25) is 5.91 Å². The van der Waals surface area contributed by atoms with Gasteiger partial charge in [0.15, 0.2) is 5.76 Å². The number of aliphatic hydroxyl groups is 1. The lowest BCUT2D eigenvalue weighted by Crippen LogP contribution is -2.49. The van der Waals surface area contributed by atoms with Crippen LogP contribution in [-0.4, -0.2) is 35.1 Å². The van der Waals surface area contributed by atoms with E-state index in [4.69, 9.17) is 4.42 Å². The van der Waals surface area contributed by atoms with Crippen molar-refractivity contribution in [3.8, 4) is 0 Å². The Morgan fingerprint density at radius 1 is 1.32 bits per heavy atom. The van der Waals surface area contributed by atoms with Gasteiger partial charge in [-0.3, -0.25) is 9.59 Å². The second-order valence-electron chi connectivity index (χ2n) is 6.03. The lowest BCUT2D eigenvalue weighted by atomic mass is 9.94. The van der Waals surface area contributed by atoms with Gasteiger partial charge in [0, 0.05) is 6.54 Å².